The lowest BCUT2D eigenvalue weighted by atomic mass is 10.1. The highest BCUT2D eigenvalue weighted by Crippen LogP contribution is 2.15. The molecule has 1 saturated heterocycles. The second kappa shape index (κ2) is 7.91. The minimum atomic E-state index is 0.211. The molecule has 0 saturated carbocycles. The van der Waals surface area contributed by atoms with Crippen molar-refractivity contribution in [3.8, 4) is 0 Å². The van der Waals surface area contributed by atoms with E-state index >= 15 is 0 Å². The molecule has 1 aromatic carbocycles. The molecule has 0 spiro atoms. The van der Waals surface area contributed by atoms with Gasteiger partial charge < -0.3 is 9.64 Å². The number of hydrogen-bond acceptors (Lipinski definition) is 3. The maximum absolute atomic E-state index is 12.1. The van der Waals surface area contributed by atoms with Gasteiger partial charge in [0.1, 0.15) is 0 Å². The number of carbonyl (C=O) groups excluding carboxylic acids is 1. The van der Waals surface area contributed by atoms with Crippen LogP contribution in [0.1, 0.15) is 36.5 Å². The van der Waals surface area contributed by atoms with Crippen molar-refractivity contribution in [2.24, 2.45) is 0 Å². The number of carbonyl (C=O) groups is 1. The third kappa shape index (κ3) is 4.69. The molecule has 1 aliphatic heterocycles. The zero-order valence-electron chi connectivity index (χ0n) is 12.0. The first-order valence-electron chi connectivity index (χ1n) is 7.31. The van der Waals surface area contributed by atoms with Crippen molar-refractivity contribution < 1.29 is 9.53 Å². The molecule has 0 aliphatic carbocycles. The Kier molecular flexibility index (Phi) is 6.20. The van der Waals surface area contributed by atoms with Crippen LogP contribution in [0.5, 0.6) is 0 Å². The first-order valence-corrected chi connectivity index (χ1v) is 8.11. The van der Waals surface area contributed by atoms with Gasteiger partial charge in [-0.05, 0) is 31.5 Å². The third-order valence-electron chi connectivity index (χ3n) is 3.75. The van der Waals surface area contributed by atoms with Crippen molar-refractivity contribution in [2.45, 2.75) is 32.3 Å². The van der Waals surface area contributed by atoms with E-state index in [0.717, 1.165) is 42.7 Å². The van der Waals surface area contributed by atoms with E-state index in [-0.39, 0.29) is 5.78 Å². The van der Waals surface area contributed by atoms with Gasteiger partial charge in [-0.1, -0.05) is 35.0 Å². The number of benzene rings is 1. The third-order valence-corrected chi connectivity index (χ3v) is 4.28. The highest BCUT2D eigenvalue weighted by molar-refractivity contribution is 9.10. The lowest BCUT2D eigenvalue weighted by Crippen LogP contribution is -2.33. The molecule has 1 aromatic rings. The highest BCUT2D eigenvalue weighted by Gasteiger charge is 2.19. The average Bonchev–Trinajstić information content (AvgIpc) is 2.96. The van der Waals surface area contributed by atoms with Gasteiger partial charge >= 0.3 is 0 Å². The average molecular weight is 340 g/mol. The van der Waals surface area contributed by atoms with Gasteiger partial charge in [-0.25, -0.2) is 0 Å². The lowest BCUT2D eigenvalue weighted by Gasteiger charge is -2.23. The van der Waals surface area contributed by atoms with Crippen molar-refractivity contribution in [3.63, 3.8) is 0 Å². The molecule has 20 heavy (non-hydrogen) atoms. The Labute approximate surface area is 129 Å². The second-order valence-electron chi connectivity index (χ2n) is 5.21. The molecule has 1 aliphatic rings. The van der Waals surface area contributed by atoms with Gasteiger partial charge in [0, 0.05) is 36.2 Å². The molecule has 1 fully saturated rings. The normalized spacial score (nSPS) is 18.6. The zero-order chi connectivity index (χ0) is 14.4. The summed E-state index contributed by atoms with van der Waals surface area (Å²) in [5, 5.41) is 0. The van der Waals surface area contributed by atoms with Gasteiger partial charge in [0.05, 0.1) is 6.10 Å². The van der Waals surface area contributed by atoms with E-state index in [1.165, 1.54) is 6.42 Å². The van der Waals surface area contributed by atoms with Gasteiger partial charge in [-0.2, -0.15) is 0 Å². The van der Waals surface area contributed by atoms with Gasteiger partial charge in [-0.15, -0.1) is 0 Å². The van der Waals surface area contributed by atoms with E-state index in [1.54, 1.807) is 0 Å². The number of rotatable bonds is 7. The van der Waals surface area contributed by atoms with Gasteiger partial charge in [-0.3, -0.25) is 4.79 Å². The smallest absolute Gasteiger partial charge is 0.164 e. The van der Waals surface area contributed by atoms with Crippen LogP contribution in [0.4, 0.5) is 0 Å². The Balaban J connectivity index is 1.79. The largest absolute Gasteiger partial charge is 0.377 e. The molecule has 4 heteroatoms. The van der Waals surface area contributed by atoms with E-state index in [4.69, 9.17) is 4.74 Å². The summed E-state index contributed by atoms with van der Waals surface area (Å²) in [6.45, 7) is 5.75. The van der Waals surface area contributed by atoms with Gasteiger partial charge in [0.2, 0.25) is 0 Å². The fourth-order valence-electron chi connectivity index (χ4n) is 2.49. The van der Waals surface area contributed by atoms with Crippen LogP contribution in [-0.2, 0) is 4.74 Å². The van der Waals surface area contributed by atoms with Gasteiger partial charge in [0.15, 0.2) is 5.78 Å². The van der Waals surface area contributed by atoms with Gasteiger partial charge in [0.25, 0.3) is 0 Å². The number of hydrogen-bond donors (Lipinski definition) is 0. The van der Waals surface area contributed by atoms with Crippen molar-refractivity contribution >= 4 is 21.7 Å². The number of ketones is 1. The Morgan fingerprint density at radius 1 is 1.40 bits per heavy atom. The number of likely N-dealkylation sites (N-methyl/N-ethyl adjacent to an activating group) is 1. The van der Waals surface area contributed by atoms with E-state index in [0.29, 0.717) is 12.5 Å². The fraction of sp³-hybridized carbons (Fsp3) is 0.562. The molecule has 0 N–H and O–H groups in total. The van der Waals surface area contributed by atoms with Crippen LogP contribution >= 0.6 is 15.9 Å². The fourth-order valence-corrected chi connectivity index (χ4v) is 2.76. The molecule has 1 heterocycles. The number of halogens is 1. The maximum Gasteiger partial charge on any atom is 0.164 e. The number of ether oxygens (including phenoxy) is 1. The van der Waals surface area contributed by atoms with Crippen LogP contribution in [0.3, 0.4) is 0 Å². The molecule has 3 nitrogen and oxygen atoms in total. The topological polar surface area (TPSA) is 29.5 Å². The quantitative estimate of drug-likeness (QED) is 0.712. The molecular weight excluding hydrogens is 318 g/mol. The van der Waals surface area contributed by atoms with Crippen LogP contribution in [-0.4, -0.2) is 43.0 Å². The van der Waals surface area contributed by atoms with Crippen molar-refractivity contribution in [3.05, 3.63) is 34.3 Å². The van der Waals surface area contributed by atoms with Crippen LogP contribution < -0.4 is 0 Å². The summed E-state index contributed by atoms with van der Waals surface area (Å²) in [5.41, 5.74) is 0.793. The standard InChI is InChI=1S/C16H22BrNO2/c1-2-18(12-15-4-3-11-20-15)10-9-16(19)13-5-7-14(17)8-6-13/h5-8,15H,2-4,9-12H2,1H3. The van der Waals surface area contributed by atoms with E-state index in [2.05, 4.69) is 27.8 Å². The first kappa shape index (κ1) is 15.7. The Hall–Kier alpha value is -0.710. The predicted molar refractivity (Wildman–Crippen MR) is 84.2 cm³/mol. The van der Waals surface area contributed by atoms with Crippen molar-refractivity contribution in [1.82, 2.24) is 4.90 Å². The van der Waals surface area contributed by atoms with Crippen molar-refractivity contribution in [2.75, 3.05) is 26.2 Å². The molecule has 0 bridgehead atoms. The highest BCUT2D eigenvalue weighted by atomic mass is 79.9. The maximum atomic E-state index is 12.1. The van der Waals surface area contributed by atoms with Crippen LogP contribution in [0.25, 0.3) is 0 Å². The zero-order valence-corrected chi connectivity index (χ0v) is 13.6. The summed E-state index contributed by atoms with van der Waals surface area (Å²) in [6, 6.07) is 7.58. The molecule has 0 aromatic heterocycles. The first-order chi connectivity index (χ1) is 9.69. The summed E-state index contributed by atoms with van der Waals surface area (Å²) < 4.78 is 6.66. The summed E-state index contributed by atoms with van der Waals surface area (Å²) in [5.74, 6) is 0.211. The van der Waals surface area contributed by atoms with Crippen molar-refractivity contribution in [1.29, 1.82) is 0 Å². The molecule has 2 rings (SSSR count). The SMILES string of the molecule is CCN(CCC(=O)c1ccc(Br)cc1)CC1CCCO1. The number of Topliss-reactive ketones (excluding diaryl/α,β-unsaturated/α-hetero) is 1. The molecular formula is C16H22BrNO2. The molecule has 110 valence electrons. The lowest BCUT2D eigenvalue weighted by molar-refractivity contribution is 0.0720. The Bertz CT molecular complexity index is 427. The number of nitrogens with zero attached hydrogens (tertiary/aromatic N) is 1. The minimum Gasteiger partial charge on any atom is -0.377 e. The molecule has 1 unspecified atom stereocenters. The van der Waals surface area contributed by atoms with Crippen LogP contribution in [0, 0.1) is 0 Å². The minimum absolute atomic E-state index is 0.211. The summed E-state index contributed by atoms with van der Waals surface area (Å²) in [7, 11) is 0. The van der Waals surface area contributed by atoms with Crippen LogP contribution in [0.2, 0.25) is 0 Å². The molecule has 0 radical (unpaired) electrons. The molecule has 0 amide bonds. The Morgan fingerprint density at radius 2 is 2.15 bits per heavy atom. The monoisotopic (exact) mass is 339 g/mol. The predicted octanol–water partition coefficient (Wildman–Crippen LogP) is 3.52. The summed E-state index contributed by atoms with van der Waals surface area (Å²) in [4.78, 5) is 14.5. The Morgan fingerprint density at radius 3 is 2.75 bits per heavy atom. The summed E-state index contributed by atoms with van der Waals surface area (Å²) in [6.07, 6.45) is 3.25. The molecule has 1 atom stereocenters. The van der Waals surface area contributed by atoms with E-state index in [9.17, 15) is 4.79 Å². The van der Waals surface area contributed by atoms with Crippen LogP contribution in [0.15, 0.2) is 28.7 Å². The summed E-state index contributed by atoms with van der Waals surface area (Å²) >= 11 is 3.38. The second-order valence-corrected chi connectivity index (χ2v) is 6.12. The van der Waals surface area contributed by atoms with E-state index in [1.807, 2.05) is 24.3 Å². The van der Waals surface area contributed by atoms with E-state index < -0.39 is 0 Å².